The summed E-state index contributed by atoms with van der Waals surface area (Å²) in [5, 5.41) is 110. The molecule has 1 aliphatic carbocycles. The molecule has 24 nitrogen and oxygen atoms in total. The van der Waals surface area contributed by atoms with Gasteiger partial charge in [-0.15, -0.1) is 0 Å². The maximum atomic E-state index is 15.0. The summed E-state index contributed by atoms with van der Waals surface area (Å²) < 4.78 is 72.1. The topological polar surface area (TPSA) is 347 Å². The molecule has 5 fully saturated rings. The predicted molar refractivity (Wildman–Crippen MR) is 259 cm³/mol. The first-order valence-electron chi connectivity index (χ1n) is 26.1. The third kappa shape index (κ3) is 12.1. The molecule has 0 bridgehead atoms. The number of rotatable bonds is 16. The van der Waals surface area contributed by atoms with Gasteiger partial charge in [0.25, 0.3) is 0 Å². The average Bonchev–Trinajstić information content (AvgIpc) is 3.36. The maximum Gasteiger partial charge on any atom is 0.202 e. The highest BCUT2D eigenvalue weighted by atomic mass is 16.7. The summed E-state index contributed by atoms with van der Waals surface area (Å²) in [5.74, 6) is -4.02. The highest BCUT2D eigenvalue weighted by Crippen LogP contribution is 2.47. The number of carbonyl (C=O) groups excluding carboxylic acids is 2. The first kappa shape index (κ1) is 58.8. The second-order valence-electron chi connectivity index (χ2n) is 21.2. The number of hydrogen-bond donors (Lipinski definition) is 10. The number of Topliss-reactive ketones (excluding diaryl/α,β-unsaturated/α-hetero) is 2. The fraction of sp³-hybridized carbons (Fsp3) is 0.769. The minimum Gasteiger partial charge on any atom is -0.507 e. The summed E-state index contributed by atoms with van der Waals surface area (Å²) in [6.07, 6.45) is -26.4. The van der Waals surface area contributed by atoms with Crippen molar-refractivity contribution in [3.05, 3.63) is 28.8 Å². The van der Waals surface area contributed by atoms with Crippen LogP contribution in [0.3, 0.4) is 0 Å². The smallest absolute Gasteiger partial charge is 0.202 e. The van der Waals surface area contributed by atoms with Gasteiger partial charge in [0.2, 0.25) is 6.29 Å². The van der Waals surface area contributed by atoms with Crippen LogP contribution in [0.25, 0.3) is 10.8 Å². The van der Waals surface area contributed by atoms with Crippen molar-refractivity contribution in [2.24, 2.45) is 5.92 Å². The third-order valence-corrected chi connectivity index (χ3v) is 15.8. The summed E-state index contributed by atoms with van der Waals surface area (Å²) in [6, 6.07) is 3.04. The Morgan fingerprint density at radius 2 is 1.11 bits per heavy atom. The number of benzene rings is 2. The minimum atomic E-state index is -1.94. The number of methoxy groups -OCH3 is 2. The molecule has 0 unspecified atom stereocenters. The molecular formula is C52H76O24. The lowest BCUT2D eigenvalue weighted by molar-refractivity contribution is -0.329. The number of fused-ring (bicyclic) bond motifs is 2. The zero-order valence-electron chi connectivity index (χ0n) is 44.0. The first-order chi connectivity index (χ1) is 35.9. The van der Waals surface area contributed by atoms with Gasteiger partial charge < -0.3 is 108 Å². The van der Waals surface area contributed by atoms with Gasteiger partial charge in [-0.25, -0.2) is 0 Å². The molecule has 5 saturated heterocycles. The van der Waals surface area contributed by atoms with Crippen LogP contribution in [-0.2, 0) is 63.3 Å². The number of carbonyl (C=O) groups is 2. The first-order valence-corrected chi connectivity index (χ1v) is 26.1. The molecule has 5 heterocycles. The summed E-state index contributed by atoms with van der Waals surface area (Å²) in [5.41, 5.74) is 0.0872. The van der Waals surface area contributed by atoms with Gasteiger partial charge in [0.15, 0.2) is 36.7 Å². The zero-order valence-corrected chi connectivity index (χ0v) is 44.0. The largest absolute Gasteiger partial charge is 0.507 e. The molecule has 0 spiro atoms. The van der Waals surface area contributed by atoms with Crippen molar-refractivity contribution in [3.8, 4) is 17.2 Å². The van der Waals surface area contributed by atoms with Crippen LogP contribution in [0.5, 0.6) is 17.2 Å². The van der Waals surface area contributed by atoms with Crippen LogP contribution in [-0.4, -0.2) is 224 Å². The highest BCUT2D eigenvalue weighted by molar-refractivity contribution is 6.11. The fourth-order valence-electron chi connectivity index (χ4n) is 11.4. The molecule has 10 N–H and O–H groups in total. The molecule has 0 radical (unpaired) electrons. The molecule has 0 saturated carbocycles. The van der Waals surface area contributed by atoms with Gasteiger partial charge in [0.05, 0.1) is 78.1 Å². The Hall–Kier alpha value is -3.32. The molecule has 2 aromatic rings. The Morgan fingerprint density at radius 3 is 1.61 bits per heavy atom. The zero-order chi connectivity index (χ0) is 55.3. The second kappa shape index (κ2) is 24.2. The van der Waals surface area contributed by atoms with Gasteiger partial charge in [0.1, 0.15) is 66.1 Å². The van der Waals surface area contributed by atoms with Crippen LogP contribution in [0.4, 0.5) is 0 Å². The average molecular weight is 1090 g/mol. The molecule has 5 aliphatic heterocycles. The number of aromatic hydroxyl groups is 2. The Labute approximate surface area is 439 Å². The number of phenols is 2. The molecule has 24 heteroatoms. The number of ketones is 2. The van der Waals surface area contributed by atoms with Crippen molar-refractivity contribution in [1.29, 1.82) is 0 Å². The number of ether oxygens (including phenoxy) is 12. The molecule has 76 heavy (non-hydrogen) atoms. The number of phenolic OH excluding ortho intramolecular Hbond substituents is 2. The summed E-state index contributed by atoms with van der Waals surface area (Å²) in [4.78, 5) is 28.9. The molecule has 2 aromatic carbocycles. The molecule has 428 valence electrons. The van der Waals surface area contributed by atoms with Gasteiger partial charge in [-0.2, -0.15) is 0 Å². The molecule has 0 amide bonds. The molecule has 8 rings (SSSR count). The van der Waals surface area contributed by atoms with E-state index in [1.165, 1.54) is 40.2 Å². The van der Waals surface area contributed by atoms with E-state index in [0.29, 0.717) is 0 Å². The van der Waals surface area contributed by atoms with E-state index in [1.807, 2.05) is 0 Å². The van der Waals surface area contributed by atoms with Crippen molar-refractivity contribution in [3.63, 3.8) is 0 Å². The normalized spacial score (nSPS) is 41.5. The summed E-state index contributed by atoms with van der Waals surface area (Å²) in [6.45, 7) is 10.8. The third-order valence-electron chi connectivity index (χ3n) is 15.8. The lowest BCUT2D eigenvalue weighted by atomic mass is 9.75. The van der Waals surface area contributed by atoms with Gasteiger partial charge in [0, 0.05) is 57.8 Å². The monoisotopic (exact) mass is 1080 g/mol. The van der Waals surface area contributed by atoms with Crippen LogP contribution in [0.2, 0.25) is 0 Å². The van der Waals surface area contributed by atoms with Crippen LogP contribution >= 0.6 is 0 Å². The van der Waals surface area contributed by atoms with E-state index in [2.05, 4.69) is 0 Å². The van der Waals surface area contributed by atoms with E-state index >= 15 is 4.79 Å². The molecular weight excluding hydrogens is 1010 g/mol. The summed E-state index contributed by atoms with van der Waals surface area (Å²) >= 11 is 0. The molecule has 6 aliphatic rings. The van der Waals surface area contributed by atoms with Gasteiger partial charge in [-0.05, 0) is 78.0 Å². The fourth-order valence-corrected chi connectivity index (χ4v) is 11.4. The van der Waals surface area contributed by atoms with Gasteiger partial charge >= 0.3 is 0 Å². The Morgan fingerprint density at radius 1 is 0.632 bits per heavy atom. The maximum absolute atomic E-state index is 15.0. The van der Waals surface area contributed by atoms with Crippen molar-refractivity contribution in [2.45, 2.75) is 234 Å². The van der Waals surface area contributed by atoms with Crippen molar-refractivity contribution < 1.29 is 117 Å². The van der Waals surface area contributed by atoms with E-state index in [9.17, 15) is 55.9 Å². The SMILES string of the molecule is CO[C@H]1[C@@H](O)C[C@H](O[C@@H]2C[C@H](O[C@@H]3C[C@H](O[C@@H]4C(=O)c5c(cc6cc(O[C@H]7C[C@@H](O[C@H]8C[C@@H](O)[C@H](O)[C@@H](C)O8)[C@@H](O)[C@@H](C)O7)c(C)c(O)c6c5O)C[C@H]4[C@H](OC)C(=O)[C@@H](O)[C@@H](C)O)O[C@H](C)[C@H]3O)O[C@H](C)[C@H]2O)O[C@@H]1C. The van der Waals surface area contributed by atoms with Crippen molar-refractivity contribution >= 4 is 22.3 Å². The number of aliphatic hydroxyl groups is 8. The highest BCUT2D eigenvalue weighted by Gasteiger charge is 2.51. The molecule has 0 aromatic heterocycles. The standard InChI is InChI=1S/C52H76O24/c1-18-30(72-36-15-31(44(59)21(4)68-36)73-34-13-28(54)43(58)20(3)67-34)12-26-10-25-11-27(51(66-9)49(64)42(57)19(2)53)52(48(63)40(25)47(62)39(26)41(18)56)76-38-17-33(46(61)23(6)70-38)75-37-16-32(45(60)22(5)69-37)74-35-14-29(55)50(65-8)24(7)71-35/h10,12,19-24,27-29,31-38,42-46,50-62H,11,13-17H2,1-9H3/t19-,20-,21-,22-,23-,24-,27+,28-,29+,31-,32-,33-,34+,35+,36+,37+,38+,42+,43-,44+,45-,46-,50-,51+,52+/m1/s1. The van der Waals surface area contributed by atoms with E-state index in [4.69, 9.17) is 56.8 Å². The Balaban J connectivity index is 1.04. The van der Waals surface area contributed by atoms with Crippen LogP contribution < -0.4 is 4.74 Å². The quantitative estimate of drug-likeness (QED) is 0.106. The van der Waals surface area contributed by atoms with Crippen molar-refractivity contribution in [1.82, 2.24) is 0 Å². The van der Waals surface area contributed by atoms with E-state index in [0.717, 1.165) is 0 Å². The minimum absolute atomic E-state index is 0.0217. The lowest BCUT2D eigenvalue weighted by Gasteiger charge is -2.45. The van der Waals surface area contributed by atoms with Crippen molar-refractivity contribution in [2.75, 3.05) is 14.2 Å². The van der Waals surface area contributed by atoms with E-state index in [1.54, 1.807) is 34.6 Å². The van der Waals surface area contributed by atoms with E-state index in [-0.39, 0.29) is 71.7 Å². The Bertz CT molecular complexity index is 2310. The molecule has 25 atom stereocenters. The summed E-state index contributed by atoms with van der Waals surface area (Å²) in [7, 11) is 2.66. The Kier molecular flexibility index (Phi) is 18.7. The van der Waals surface area contributed by atoms with Gasteiger partial charge in [-0.1, -0.05) is 0 Å². The van der Waals surface area contributed by atoms with E-state index < -0.39 is 176 Å². The van der Waals surface area contributed by atoms with Crippen LogP contribution in [0.1, 0.15) is 95.1 Å². The van der Waals surface area contributed by atoms with Crippen LogP contribution in [0.15, 0.2) is 12.1 Å². The second-order valence-corrected chi connectivity index (χ2v) is 21.2. The number of hydrogen-bond acceptors (Lipinski definition) is 24. The van der Waals surface area contributed by atoms with Gasteiger partial charge in [-0.3, -0.25) is 9.59 Å². The predicted octanol–water partition coefficient (Wildman–Crippen LogP) is 0.0147. The lowest BCUT2D eigenvalue weighted by Crippen LogP contribution is -2.57. The van der Waals surface area contributed by atoms with Crippen LogP contribution in [0, 0.1) is 12.8 Å². The number of aliphatic hydroxyl groups excluding tert-OH is 8.